The van der Waals surface area contributed by atoms with Crippen LogP contribution in [0.3, 0.4) is 0 Å². The maximum Gasteiger partial charge on any atom is 0.257 e. The van der Waals surface area contributed by atoms with Gasteiger partial charge in [0.05, 0.1) is 40.3 Å². The Labute approximate surface area is 195 Å². The molecule has 166 valence electrons. The molecule has 2 aromatic rings. The maximum absolute atomic E-state index is 13.0. The number of carbonyl (C=O) groups excluding carboxylic acids is 1. The van der Waals surface area contributed by atoms with Crippen molar-refractivity contribution >= 4 is 67.8 Å². The number of ether oxygens (including phenoxy) is 1. The van der Waals surface area contributed by atoms with Crippen LogP contribution in [0.15, 0.2) is 30.3 Å². The van der Waals surface area contributed by atoms with Gasteiger partial charge < -0.3 is 15.0 Å². The third-order valence-electron chi connectivity index (χ3n) is 5.16. The Morgan fingerprint density at radius 3 is 2.39 bits per heavy atom. The maximum atomic E-state index is 13.0. The first-order valence-corrected chi connectivity index (χ1v) is 12.4. The minimum absolute atomic E-state index is 0.0509. The molecule has 1 amide bonds. The Kier molecular flexibility index (Phi) is 6.55. The number of sulfonamides is 1. The van der Waals surface area contributed by atoms with Gasteiger partial charge in [0.25, 0.3) is 5.91 Å². The molecule has 2 fully saturated rings. The van der Waals surface area contributed by atoms with Gasteiger partial charge >= 0.3 is 0 Å². The molecule has 0 aromatic heterocycles. The molecule has 2 aromatic carbocycles. The quantitative estimate of drug-likeness (QED) is 0.672. The van der Waals surface area contributed by atoms with Crippen molar-refractivity contribution in [2.45, 2.75) is 6.42 Å². The highest BCUT2D eigenvalue weighted by Crippen LogP contribution is 2.35. The third-order valence-corrected chi connectivity index (χ3v) is 8.05. The summed E-state index contributed by atoms with van der Waals surface area (Å²) in [6.45, 7) is 3.02. The Morgan fingerprint density at radius 2 is 1.71 bits per heavy atom. The van der Waals surface area contributed by atoms with E-state index in [-0.39, 0.29) is 21.4 Å². The highest BCUT2D eigenvalue weighted by molar-refractivity contribution is 7.93. The van der Waals surface area contributed by atoms with Gasteiger partial charge in [-0.3, -0.25) is 9.10 Å². The predicted octanol–water partition coefficient (Wildman–Crippen LogP) is 4.28. The third kappa shape index (κ3) is 4.88. The van der Waals surface area contributed by atoms with Gasteiger partial charge in [0, 0.05) is 36.0 Å². The number of amides is 1. The van der Waals surface area contributed by atoms with Gasteiger partial charge in [-0.05, 0) is 36.8 Å². The fourth-order valence-electron chi connectivity index (χ4n) is 3.66. The van der Waals surface area contributed by atoms with Crippen LogP contribution in [0.2, 0.25) is 15.1 Å². The van der Waals surface area contributed by atoms with Gasteiger partial charge in [-0.25, -0.2) is 8.42 Å². The van der Waals surface area contributed by atoms with Crippen LogP contribution < -0.4 is 14.5 Å². The number of benzene rings is 2. The lowest BCUT2D eigenvalue weighted by molar-refractivity contribution is 0.102. The fraction of sp³-hybridized carbons (Fsp3) is 0.350. The number of morpholine rings is 1. The lowest BCUT2D eigenvalue weighted by Crippen LogP contribution is -2.36. The van der Waals surface area contributed by atoms with E-state index in [2.05, 4.69) is 10.2 Å². The minimum atomic E-state index is -3.43. The Morgan fingerprint density at radius 1 is 0.968 bits per heavy atom. The second-order valence-electron chi connectivity index (χ2n) is 7.28. The van der Waals surface area contributed by atoms with Crippen LogP contribution in [0.4, 0.5) is 17.1 Å². The molecule has 0 unspecified atom stereocenters. The summed E-state index contributed by atoms with van der Waals surface area (Å²) in [5, 5.41) is 3.42. The zero-order valence-electron chi connectivity index (χ0n) is 16.4. The monoisotopic (exact) mass is 503 g/mol. The standard InChI is InChI=1S/C20H20Cl3N3O4S/c21-13-8-14(10-15(9-13)25-3-5-30-6-4-25)24-20(27)17-11-16(12-18(22)19(17)23)26-2-1-7-31(26,28)29/h8-12H,1-7H2,(H,24,27). The van der Waals surface area contributed by atoms with Crippen LogP contribution in [-0.4, -0.2) is 52.9 Å². The van der Waals surface area contributed by atoms with Gasteiger partial charge in [-0.15, -0.1) is 0 Å². The van der Waals surface area contributed by atoms with E-state index in [1.54, 1.807) is 6.07 Å². The van der Waals surface area contributed by atoms with Gasteiger partial charge in [0.2, 0.25) is 10.0 Å². The summed E-state index contributed by atoms with van der Waals surface area (Å²) in [5.41, 5.74) is 1.76. The second-order valence-corrected chi connectivity index (χ2v) is 10.5. The molecule has 2 heterocycles. The molecule has 2 aliphatic heterocycles. The topological polar surface area (TPSA) is 79.0 Å². The van der Waals surface area contributed by atoms with Crippen molar-refractivity contribution in [3.8, 4) is 0 Å². The number of nitrogens with zero attached hydrogens (tertiary/aromatic N) is 2. The van der Waals surface area contributed by atoms with Gasteiger partial charge in [0.15, 0.2) is 0 Å². The number of nitrogens with one attached hydrogen (secondary N) is 1. The van der Waals surface area contributed by atoms with Crippen molar-refractivity contribution in [2.75, 3.05) is 53.1 Å². The van der Waals surface area contributed by atoms with E-state index in [1.165, 1.54) is 16.4 Å². The Bertz CT molecular complexity index is 1120. The molecule has 1 N–H and O–H groups in total. The van der Waals surface area contributed by atoms with Crippen LogP contribution in [0.25, 0.3) is 0 Å². The minimum Gasteiger partial charge on any atom is -0.378 e. The lowest BCUT2D eigenvalue weighted by Gasteiger charge is -2.29. The van der Waals surface area contributed by atoms with E-state index in [1.807, 2.05) is 12.1 Å². The van der Waals surface area contributed by atoms with Crippen molar-refractivity contribution in [1.82, 2.24) is 0 Å². The molecule has 0 aliphatic carbocycles. The molecular formula is C20H20Cl3N3O4S. The van der Waals surface area contributed by atoms with E-state index in [0.29, 0.717) is 42.6 Å². The summed E-state index contributed by atoms with van der Waals surface area (Å²) in [7, 11) is -3.43. The normalized spacial score (nSPS) is 18.3. The van der Waals surface area contributed by atoms with Crippen molar-refractivity contribution in [1.29, 1.82) is 0 Å². The van der Waals surface area contributed by atoms with Crippen molar-refractivity contribution in [3.63, 3.8) is 0 Å². The molecule has 0 atom stereocenters. The van der Waals surface area contributed by atoms with Crippen molar-refractivity contribution < 1.29 is 17.9 Å². The van der Waals surface area contributed by atoms with Crippen LogP contribution in [0.1, 0.15) is 16.8 Å². The first-order chi connectivity index (χ1) is 14.7. The van der Waals surface area contributed by atoms with E-state index in [4.69, 9.17) is 39.5 Å². The summed E-state index contributed by atoms with van der Waals surface area (Å²) in [4.78, 5) is 15.1. The number of rotatable bonds is 4. The zero-order valence-corrected chi connectivity index (χ0v) is 19.5. The predicted molar refractivity (Wildman–Crippen MR) is 125 cm³/mol. The van der Waals surface area contributed by atoms with Crippen LogP contribution in [0.5, 0.6) is 0 Å². The van der Waals surface area contributed by atoms with Gasteiger partial charge in [-0.2, -0.15) is 0 Å². The molecule has 2 aliphatic rings. The van der Waals surface area contributed by atoms with Crippen LogP contribution in [0, 0.1) is 0 Å². The van der Waals surface area contributed by atoms with Crippen LogP contribution in [-0.2, 0) is 14.8 Å². The molecule has 7 nitrogen and oxygen atoms in total. The first kappa shape index (κ1) is 22.5. The number of hydrogen-bond donors (Lipinski definition) is 1. The molecule has 31 heavy (non-hydrogen) atoms. The molecule has 4 rings (SSSR count). The Hall–Kier alpha value is -1.71. The zero-order chi connectivity index (χ0) is 22.2. The summed E-state index contributed by atoms with van der Waals surface area (Å²) in [6, 6.07) is 8.18. The van der Waals surface area contributed by atoms with Crippen molar-refractivity contribution in [2.24, 2.45) is 0 Å². The van der Waals surface area contributed by atoms with Gasteiger partial charge in [0.1, 0.15) is 0 Å². The molecule has 0 radical (unpaired) electrons. The molecule has 0 bridgehead atoms. The molecule has 0 saturated carbocycles. The largest absolute Gasteiger partial charge is 0.378 e. The number of anilines is 3. The van der Waals surface area contributed by atoms with E-state index >= 15 is 0 Å². The van der Waals surface area contributed by atoms with Gasteiger partial charge in [-0.1, -0.05) is 34.8 Å². The van der Waals surface area contributed by atoms with Crippen molar-refractivity contribution in [3.05, 3.63) is 51.0 Å². The van der Waals surface area contributed by atoms with E-state index in [9.17, 15) is 13.2 Å². The fourth-order valence-corrected chi connectivity index (χ4v) is 5.85. The SMILES string of the molecule is O=C(Nc1cc(Cl)cc(N2CCOCC2)c1)c1cc(N2CCCS2(=O)=O)cc(Cl)c1Cl. The average molecular weight is 505 g/mol. The summed E-state index contributed by atoms with van der Waals surface area (Å²) in [5.74, 6) is -0.456. The number of carbonyl (C=O) groups is 1. The number of hydrogen-bond acceptors (Lipinski definition) is 5. The Balaban J connectivity index is 1.62. The summed E-state index contributed by atoms with van der Waals surface area (Å²) in [6.07, 6.45) is 0.511. The van der Waals surface area contributed by atoms with E-state index in [0.717, 1.165) is 18.8 Å². The molecular weight excluding hydrogens is 485 g/mol. The van der Waals surface area contributed by atoms with E-state index < -0.39 is 15.9 Å². The highest BCUT2D eigenvalue weighted by atomic mass is 35.5. The smallest absolute Gasteiger partial charge is 0.257 e. The summed E-state index contributed by atoms with van der Waals surface area (Å²) < 4.78 is 31.2. The molecule has 2 saturated heterocycles. The molecule has 0 spiro atoms. The second kappa shape index (κ2) is 9.03. The van der Waals surface area contributed by atoms with Crippen LogP contribution >= 0.6 is 34.8 Å². The summed E-state index contributed by atoms with van der Waals surface area (Å²) >= 11 is 18.8. The highest BCUT2D eigenvalue weighted by Gasteiger charge is 2.30. The molecule has 11 heteroatoms. The average Bonchev–Trinajstić information content (AvgIpc) is 3.09. The number of halogens is 3. The lowest BCUT2D eigenvalue weighted by atomic mass is 10.1. The first-order valence-electron chi connectivity index (χ1n) is 9.69.